The van der Waals surface area contributed by atoms with Gasteiger partial charge in [0.2, 0.25) is 5.96 Å². The molecule has 4 rings (SSSR count). The first-order valence-corrected chi connectivity index (χ1v) is 12.6. The van der Waals surface area contributed by atoms with Gasteiger partial charge in [-0.15, -0.1) is 0 Å². The summed E-state index contributed by atoms with van der Waals surface area (Å²) in [5.41, 5.74) is 2.70. The zero-order valence-corrected chi connectivity index (χ0v) is 20.3. The SMILES string of the molecule is CC(C)N=C(NS(=O)(=O)c1ccc(F)cc1)N1CC(c2ccccc2)C(c2ccc(Cl)cc2)=N1. The Balaban J connectivity index is 1.72. The molecule has 0 fully saturated rings. The quantitative estimate of drug-likeness (QED) is 0.396. The third-order valence-electron chi connectivity index (χ3n) is 5.23. The van der Waals surface area contributed by atoms with Crippen molar-refractivity contribution < 1.29 is 12.8 Å². The van der Waals surface area contributed by atoms with Gasteiger partial charge in [0.05, 0.1) is 17.2 Å². The number of rotatable bonds is 5. The van der Waals surface area contributed by atoms with E-state index in [1.165, 1.54) is 12.1 Å². The lowest BCUT2D eigenvalue weighted by Crippen LogP contribution is -2.41. The summed E-state index contributed by atoms with van der Waals surface area (Å²) in [5.74, 6) is -0.531. The molecule has 0 spiro atoms. The molecule has 1 aliphatic rings. The molecule has 6 nitrogen and oxygen atoms in total. The fourth-order valence-corrected chi connectivity index (χ4v) is 4.78. The Morgan fingerprint density at radius 3 is 2.32 bits per heavy atom. The molecule has 0 aromatic heterocycles. The fourth-order valence-electron chi connectivity index (χ4n) is 3.65. The Labute approximate surface area is 203 Å². The molecule has 1 aliphatic heterocycles. The number of nitrogens with zero attached hydrogens (tertiary/aromatic N) is 3. The fraction of sp³-hybridized carbons (Fsp3) is 0.200. The van der Waals surface area contributed by atoms with Crippen LogP contribution in [-0.2, 0) is 10.0 Å². The van der Waals surface area contributed by atoms with Crippen molar-refractivity contribution in [1.29, 1.82) is 0 Å². The van der Waals surface area contributed by atoms with Gasteiger partial charge in [0.15, 0.2) is 0 Å². The van der Waals surface area contributed by atoms with E-state index in [0.29, 0.717) is 11.6 Å². The van der Waals surface area contributed by atoms with Crippen LogP contribution in [0.5, 0.6) is 0 Å². The first kappa shape index (κ1) is 23.9. The minimum absolute atomic E-state index is 0.0638. The molecule has 176 valence electrons. The van der Waals surface area contributed by atoms with Crippen LogP contribution in [0, 0.1) is 5.82 Å². The van der Waals surface area contributed by atoms with E-state index in [0.717, 1.165) is 29.0 Å². The predicted octanol–water partition coefficient (Wildman–Crippen LogP) is 5.03. The number of hydrogen-bond acceptors (Lipinski definition) is 4. The molecule has 0 saturated carbocycles. The molecule has 1 N–H and O–H groups in total. The summed E-state index contributed by atoms with van der Waals surface area (Å²) in [6.07, 6.45) is 0. The van der Waals surface area contributed by atoms with E-state index in [4.69, 9.17) is 16.7 Å². The summed E-state index contributed by atoms with van der Waals surface area (Å²) in [5, 5.41) is 6.97. The maximum Gasteiger partial charge on any atom is 0.264 e. The number of nitrogens with one attached hydrogen (secondary N) is 1. The van der Waals surface area contributed by atoms with Crippen LogP contribution in [0.3, 0.4) is 0 Å². The molecule has 9 heteroatoms. The molecular weight excluding hydrogens is 475 g/mol. The summed E-state index contributed by atoms with van der Waals surface area (Å²) in [6.45, 7) is 4.08. The highest BCUT2D eigenvalue weighted by molar-refractivity contribution is 7.90. The van der Waals surface area contributed by atoms with Crippen LogP contribution in [0.25, 0.3) is 0 Å². The van der Waals surface area contributed by atoms with E-state index < -0.39 is 15.8 Å². The van der Waals surface area contributed by atoms with Crippen LogP contribution < -0.4 is 4.72 Å². The topological polar surface area (TPSA) is 74.1 Å². The van der Waals surface area contributed by atoms with E-state index in [1.54, 1.807) is 17.1 Å². The zero-order valence-electron chi connectivity index (χ0n) is 18.7. The van der Waals surface area contributed by atoms with Crippen LogP contribution in [0.2, 0.25) is 5.02 Å². The second kappa shape index (κ2) is 9.95. The van der Waals surface area contributed by atoms with Gasteiger partial charge < -0.3 is 0 Å². The molecule has 0 bridgehead atoms. The largest absolute Gasteiger partial charge is 0.264 e. The normalized spacial score (nSPS) is 16.6. The van der Waals surface area contributed by atoms with Crippen molar-refractivity contribution >= 4 is 33.3 Å². The second-order valence-corrected chi connectivity index (χ2v) is 10.3. The average Bonchev–Trinajstić information content (AvgIpc) is 3.25. The minimum atomic E-state index is -4.00. The van der Waals surface area contributed by atoms with Gasteiger partial charge in [-0.2, -0.15) is 5.10 Å². The molecule has 0 aliphatic carbocycles. The van der Waals surface area contributed by atoms with Crippen LogP contribution >= 0.6 is 11.6 Å². The third-order valence-corrected chi connectivity index (χ3v) is 6.83. The third kappa shape index (κ3) is 5.46. The molecule has 0 amide bonds. The van der Waals surface area contributed by atoms with Crippen molar-refractivity contribution in [2.45, 2.75) is 30.7 Å². The number of halogens is 2. The maximum absolute atomic E-state index is 13.3. The van der Waals surface area contributed by atoms with Gasteiger partial charge in [0.25, 0.3) is 10.0 Å². The maximum atomic E-state index is 13.3. The molecule has 1 atom stereocenters. The van der Waals surface area contributed by atoms with Crippen molar-refractivity contribution in [3.63, 3.8) is 0 Å². The number of aliphatic imine (C=N–C) groups is 1. The van der Waals surface area contributed by atoms with E-state index in [2.05, 4.69) is 9.71 Å². The number of benzene rings is 3. The Morgan fingerprint density at radius 2 is 1.71 bits per heavy atom. The summed E-state index contributed by atoms with van der Waals surface area (Å²) in [6, 6.07) is 21.7. The van der Waals surface area contributed by atoms with Gasteiger partial charge in [0.1, 0.15) is 5.82 Å². The Morgan fingerprint density at radius 1 is 1.06 bits per heavy atom. The van der Waals surface area contributed by atoms with Gasteiger partial charge in [-0.25, -0.2) is 27.5 Å². The van der Waals surface area contributed by atoms with Crippen LogP contribution in [0.15, 0.2) is 93.9 Å². The number of sulfonamides is 1. The van der Waals surface area contributed by atoms with E-state index in [1.807, 2.05) is 56.3 Å². The molecule has 0 radical (unpaired) electrons. The Hall–Kier alpha value is -3.23. The molecule has 0 saturated heterocycles. The van der Waals surface area contributed by atoms with Crippen molar-refractivity contribution in [2.24, 2.45) is 10.1 Å². The van der Waals surface area contributed by atoms with Crippen LogP contribution in [-0.4, -0.2) is 37.7 Å². The number of hydrazone groups is 1. The van der Waals surface area contributed by atoms with Crippen LogP contribution in [0.1, 0.15) is 30.9 Å². The molecular formula is C25H24ClFN4O2S. The number of guanidine groups is 1. The monoisotopic (exact) mass is 498 g/mol. The Bertz CT molecular complexity index is 1310. The van der Waals surface area contributed by atoms with Gasteiger partial charge in [-0.3, -0.25) is 0 Å². The van der Waals surface area contributed by atoms with Crippen molar-refractivity contribution in [1.82, 2.24) is 9.73 Å². The average molecular weight is 499 g/mol. The summed E-state index contributed by atoms with van der Waals surface area (Å²) in [7, 11) is -4.00. The zero-order chi connectivity index (χ0) is 24.3. The minimum Gasteiger partial charge on any atom is -0.248 e. The first-order chi connectivity index (χ1) is 16.2. The Kier molecular flexibility index (Phi) is 7.00. The highest BCUT2D eigenvalue weighted by Gasteiger charge is 2.33. The summed E-state index contributed by atoms with van der Waals surface area (Å²) >= 11 is 6.08. The summed E-state index contributed by atoms with van der Waals surface area (Å²) < 4.78 is 41.9. The second-order valence-electron chi connectivity index (χ2n) is 8.14. The van der Waals surface area contributed by atoms with Crippen molar-refractivity contribution in [2.75, 3.05) is 6.54 Å². The van der Waals surface area contributed by atoms with E-state index >= 15 is 0 Å². The van der Waals surface area contributed by atoms with Gasteiger partial charge in [-0.05, 0) is 61.4 Å². The van der Waals surface area contributed by atoms with Crippen LogP contribution in [0.4, 0.5) is 4.39 Å². The van der Waals surface area contributed by atoms with E-state index in [9.17, 15) is 12.8 Å². The van der Waals surface area contributed by atoms with Gasteiger partial charge in [-0.1, -0.05) is 54.1 Å². The molecule has 3 aromatic carbocycles. The lowest BCUT2D eigenvalue weighted by molar-refractivity contribution is 0.458. The predicted molar refractivity (Wildman–Crippen MR) is 133 cm³/mol. The summed E-state index contributed by atoms with van der Waals surface area (Å²) in [4.78, 5) is 4.44. The van der Waals surface area contributed by atoms with E-state index in [-0.39, 0.29) is 22.8 Å². The van der Waals surface area contributed by atoms with Gasteiger partial charge >= 0.3 is 0 Å². The number of hydrogen-bond donors (Lipinski definition) is 1. The first-order valence-electron chi connectivity index (χ1n) is 10.8. The van der Waals surface area contributed by atoms with Crippen molar-refractivity contribution in [3.8, 4) is 0 Å². The standard InChI is InChI=1S/C25H24ClFN4O2S/c1-17(2)28-25(30-34(32,33)22-14-12-21(27)13-15-22)31-16-23(18-6-4-3-5-7-18)24(29-31)19-8-10-20(26)11-9-19/h3-15,17,23H,16H2,1-2H3,(H,28,30). The lowest BCUT2D eigenvalue weighted by atomic mass is 9.91. The molecule has 1 heterocycles. The smallest absolute Gasteiger partial charge is 0.248 e. The van der Waals surface area contributed by atoms with Crippen molar-refractivity contribution in [3.05, 3.63) is 101 Å². The van der Waals surface area contributed by atoms with Gasteiger partial charge in [0, 0.05) is 17.0 Å². The lowest BCUT2D eigenvalue weighted by Gasteiger charge is -2.20. The molecule has 3 aromatic rings. The highest BCUT2D eigenvalue weighted by atomic mass is 35.5. The highest BCUT2D eigenvalue weighted by Crippen LogP contribution is 2.29. The molecule has 1 unspecified atom stereocenters. The molecule has 34 heavy (non-hydrogen) atoms.